The van der Waals surface area contributed by atoms with E-state index in [9.17, 15) is 4.79 Å². The normalized spacial score (nSPS) is 51.6. The monoisotopic (exact) mass is 236 g/mol. The van der Waals surface area contributed by atoms with E-state index in [1.165, 1.54) is 45.6 Å². The van der Waals surface area contributed by atoms with Crippen molar-refractivity contribution in [2.24, 2.45) is 22.2 Å². The Morgan fingerprint density at radius 3 is 2.18 bits per heavy atom. The van der Waals surface area contributed by atoms with E-state index < -0.39 is 0 Å². The number of ether oxygens (including phenoxy) is 1. The lowest BCUT2D eigenvalue weighted by molar-refractivity contribution is -0.166. The Labute approximate surface area is 104 Å². The molecule has 0 aromatic carbocycles. The van der Waals surface area contributed by atoms with Crippen molar-refractivity contribution in [2.45, 2.75) is 58.8 Å². The molecule has 0 aromatic rings. The minimum atomic E-state index is -0.000787. The summed E-state index contributed by atoms with van der Waals surface area (Å²) >= 11 is 0. The molecule has 4 fully saturated rings. The van der Waals surface area contributed by atoms with E-state index in [1.807, 2.05) is 0 Å². The van der Waals surface area contributed by atoms with Crippen LogP contribution in [0.2, 0.25) is 0 Å². The molecule has 0 radical (unpaired) electrons. The van der Waals surface area contributed by atoms with Gasteiger partial charge in [0, 0.05) is 0 Å². The first kappa shape index (κ1) is 11.6. The zero-order chi connectivity index (χ0) is 12.3. The number of carbonyl (C=O) groups is 1. The minimum absolute atomic E-state index is 0.000787. The molecule has 4 aliphatic rings. The molecule has 2 unspecified atom stereocenters. The van der Waals surface area contributed by atoms with Crippen LogP contribution in [0.1, 0.15) is 58.8 Å². The predicted octanol–water partition coefficient (Wildman–Crippen LogP) is 3.55. The first-order valence-corrected chi connectivity index (χ1v) is 6.93. The average Bonchev–Trinajstić information content (AvgIpc) is 2.10. The van der Waals surface area contributed by atoms with Gasteiger partial charge in [-0.15, -0.1) is 0 Å². The van der Waals surface area contributed by atoms with Gasteiger partial charge in [0.15, 0.2) is 0 Å². The van der Waals surface area contributed by atoms with Gasteiger partial charge in [-0.1, -0.05) is 13.8 Å². The highest BCUT2D eigenvalue weighted by atomic mass is 16.5. The van der Waals surface area contributed by atoms with Gasteiger partial charge >= 0.3 is 5.97 Å². The maximum Gasteiger partial charge on any atom is 0.306 e. The second-order valence-electron chi connectivity index (χ2n) is 7.88. The van der Waals surface area contributed by atoms with Gasteiger partial charge in [0.1, 0.15) is 0 Å². The Balaban J connectivity index is 1.89. The summed E-state index contributed by atoms with van der Waals surface area (Å²) in [6, 6.07) is 0. The lowest BCUT2D eigenvalue weighted by Gasteiger charge is -2.65. The molecular formula is C15H24O2. The molecule has 0 spiro atoms. The SMILES string of the molecule is COC(=O)CC12CC3C[C@@](C)(C1)C[C@](C)(C3)C2. The van der Waals surface area contributed by atoms with Crippen LogP contribution in [0.3, 0.4) is 0 Å². The molecular weight excluding hydrogens is 212 g/mol. The van der Waals surface area contributed by atoms with E-state index in [1.54, 1.807) is 0 Å². The van der Waals surface area contributed by atoms with Gasteiger partial charge in [-0.05, 0) is 60.7 Å². The standard InChI is InChI=1S/C15H24O2/c1-13-4-11-5-14(2,8-13)10-15(6-11,9-13)7-12(16)17-3/h11H,4-10H2,1-3H3/t11?,13-,14+,15?. The van der Waals surface area contributed by atoms with Crippen molar-refractivity contribution in [2.75, 3.05) is 7.11 Å². The molecule has 4 saturated carbocycles. The van der Waals surface area contributed by atoms with Gasteiger partial charge in [0.25, 0.3) is 0 Å². The van der Waals surface area contributed by atoms with Crippen molar-refractivity contribution in [3.05, 3.63) is 0 Å². The zero-order valence-electron chi connectivity index (χ0n) is 11.3. The Hall–Kier alpha value is -0.530. The maximum absolute atomic E-state index is 11.7. The summed E-state index contributed by atoms with van der Waals surface area (Å²) in [4.78, 5) is 11.7. The largest absolute Gasteiger partial charge is 0.469 e. The molecule has 2 nitrogen and oxygen atoms in total. The lowest BCUT2D eigenvalue weighted by Crippen LogP contribution is -2.55. The van der Waals surface area contributed by atoms with E-state index in [0.29, 0.717) is 17.3 Å². The Bertz CT molecular complexity index is 342. The van der Waals surface area contributed by atoms with E-state index in [2.05, 4.69) is 13.8 Å². The molecule has 96 valence electrons. The molecule has 0 heterocycles. The zero-order valence-corrected chi connectivity index (χ0v) is 11.3. The molecule has 0 amide bonds. The third kappa shape index (κ3) is 1.80. The fourth-order valence-electron chi connectivity index (χ4n) is 6.26. The fourth-order valence-corrected chi connectivity index (χ4v) is 6.26. The van der Waals surface area contributed by atoms with Crippen molar-refractivity contribution in [1.29, 1.82) is 0 Å². The van der Waals surface area contributed by atoms with E-state index in [0.717, 1.165) is 5.92 Å². The number of esters is 1. The van der Waals surface area contributed by atoms with Crippen LogP contribution in [0, 0.1) is 22.2 Å². The summed E-state index contributed by atoms with van der Waals surface area (Å²) in [5.74, 6) is 0.866. The smallest absolute Gasteiger partial charge is 0.306 e. The maximum atomic E-state index is 11.7. The molecule has 4 bridgehead atoms. The van der Waals surface area contributed by atoms with E-state index in [-0.39, 0.29) is 11.4 Å². The molecule has 17 heavy (non-hydrogen) atoms. The summed E-state index contributed by atoms with van der Waals surface area (Å²) in [5.41, 5.74) is 1.28. The molecule has 2 heteroatoms. The van der Waals surface area contributed by atoms with Crippen LogP contribution in [0.15, 0.2) is 0 Å². The van der Waals surface area contributed by atoms with Crippen molar-refractivity contribution in [3.8, 4) is 0 Å². The van der Waals surface area contributed by atoms with Crippen LogP contribution in [0.25, 0.3) is 0 Å². The van der Waals surface area contributed by atoms with E-state index >= 15 is 0 Å². The fraction of sp³-hybridized carbons (Fsp3) is 0.933. The van der Waals surface area contributed by atoms with Crippen LogP contribution in [0.5, 0.6) is 0 Å². The summed E-state index contributed by atoms with van der Waals surface area (Å²) in [6.07, 6.45) is 8.59. The van der Waals surface area contributed by atoms with Gasteiger partial charge in [0.05, 0.1) is 13.5 Å². The number of hydrogen-bond donors (Lipinski definition) is 0. The topological polar surface area (TPSA) is 26.3 Å². The van der Waals surface area contributed by atoms with Gasteiger partial charge < -0.3 is 4.74 Å². The Morgan fingerprint density at radius 2 is 1.71 bits per heavy atom. The molecule has 0 aliphatic heterocycles. The second-order valence-corrected chi connectivity index (χ2v) is 7.88. The number of rotatable bonds is 2. The third-order valence-corrected chi connectivity index (χ3v) is 5.49. The number of methoxy groups -OCH3 is 1. The van der Waals surface area contributed by atoms with Crippen LogP contribution in [-0.2, 0) is 9.53 Å². The minimum Gasteiger partial charge on any atom is -0.469 e. The third-order valence-electron chi connectivity index (χ3n) is 5.49. The summed E-state index contributed by atoms with van der Waals surface area (Å²) in [6.45, 7) is 4.89. The molecule has 4 rings (SSSR count). The van der Waals surface area contributed by atoms with Crippen molar-refractivity contribution in [3.63, 3.8) is 0 Å². The number of hydrogen-bond acceptors (Lipinski definition) is 2. The Kier molecular flexibility index (Phi) is 2.22. The predicted molar refractivity (Wildman–Crippen MR) is 66.5 cm³/mol. The molecule has 4 atom stereocenters. The van der Waals surface area contributed by atoms with Crippen LogP contribution < -0.4 is 0 Å². The molecule has 0 saturated heterocycles. The summed E-state index contributed by atoms with van der Waals surface area (Å²) < 4.78 is 4.92. The summed E-state index contributed by atoms with van der Waals surface area (Å²) in [7, 11) is 1.52. The van der Waals surface area contributed by atoms with E-state index in [4.69, 9.17) is 4.74 Å². The van der Waals surface area contributed by atoms with Gasteiger partial charge in [-0.3, -0.25) is 4.79 Å². The number of carbonyl (C=O) groups excluding carboxylic acids is 1. The summed E-state index contributed by atoms with van der Waals surface area (Å²) in [5, 5.41) is 0. The van der Waals surface area contributed by atoms with Crippen LogP contribution in [-0.4, -0.2) is 13.1 Å². The molecule has 4 aliphatic carbocycles. The van der Waals surface area contributed by atoms with Crippen molar-refractivity contribution in [1.82, 2.24) is 0 Å². The first-order valence-electron chi connectivity index (χ1n) is 6.93. The van der Waals surface area contributed by atoms with Gasteiger partial charge in [-0.2, -0.15) is 0 Å². The average molecular weight is 236 g/mol. The van der Waals surface area contributed by atoms with Crippen LogP contribution >= 0.6 is 0 Å². The quantitative estimate of drug-likeness (QED) is 0.685. The lowest BCUT2D eigenvalue weighted by atomic mass is 9.40. The molecule has 0 N–H and O–H groups in total. The molecule has 0 aromatic heterocycles. The highest BCUT2D eigenvalue weighted by Crippen LogP contribution is 2.70. The van der Waals surface area contributed by atoms with Gasteiger partial charge in [0.2, 0.25) is 0 Å². The van der Waals surface area contributed by atoms with Crippen LogP contribution in [0.4, 0.5) is 0 Å². The van der Waals surface area contributed by atoms with Crippen molar-refractivity contribution >= 4 is 5.97 Å². The Morgan fingerprint density at radius 1 is 1.12 bits per heavy atom. The second kappa shape index (κ2) is 3.27. The first-order chi connectivity index (χ1) is 7.86. The highest BCUT2D eigenvalue weighted by Gasteiger charge is 2.60. The van der Waals surface area contributed by atoms with Crippen molar-refractivity contribution < 1.29 is 9.53 Å². The highest BCUT2D eigenvalue weighted by molar-refractivity contribution is 5.70. The van der Waals surface area contributed by atoms with Gasteiger partial charge in [-0.25, -0.2) is 0 Å².